The van der Waals surface area contributed by atoms with Gasteiger partial charge in [-0.05, 0) is 93.1 Å². The van der Waals surface area contributed by atoms with Crippen molar-refractivity contribution in [2.75, 3.05) is 0 Å². The lowest BCUT2D eigenvalue weighted by Crippen LogP contribution is -2.28. The van der Waals surface area contributed by atoms with Crippen LogP contribution in [0.2, 0.25) is 0 Å². The van der Waals surface area contributed by atoms with E-state index in [9.17, 15) is 0 Å². The number of hydrogen-bond donors (Lipinski definition) is 0. The minimum absolute atomic E-state index is 0.405. The van der Waals surface area contributed by atoms with Gasteiger partial charge in [-0.2, -0.15) is 0 Å². The van der Waals surface area contributed by atoms with E-state index in [0.717, 1.165) is 10.9 Å². The first kappa shape index (κ1) is 23.4. The second kappa shape index (κ2) is 8.96. The van der Waals surface area contributed by atoms with Crippen molar-refractivity contribution in [2.45, 2.75) is 31.6 Å². The average Bonchev–Trinajstić information content (AvgIpc) is 3.23. The minimum Gasteiger partial charge on any atom is -0.0833 e. The molecule has 0 heterocycles. The largest absolute Gasteiger partial charge is 0.0833 e. The van der Waals surface area contributed by atoms with Crippen molar-refractivity contribution in [1.82, 2.24) is 0 Å². The van der Waals surface area contributed by atoms with Crippen LogP contribution < -0.4 is 0 Å². The second-order valence-corrected chi connectivity index (χ2v) is 11.7. The summed E-state index contributed by atoms with van der Waals surface area (Å²) in [6.07, 6.45) is 5.77. The summed E-state index contributed by atoms with van der Waals surface area (Å²) >= 11 is 3.81. The molecule has 0 N–H and O–H groups in total. The fraction of sp³-hybridized carbons (Fsp3) is 0.135. The van der Waals surface area contributed by atoms with E-state index in [-0.39, 0.29) is 0 Å². The Labute approximate surface area is 233 Å². The molecule has 0 bridgehead atoms. The zero-order valence-electron chi connectivity index (χ0n) is 21.7. The molecule has 0 saturated carbocycles. The van der Waals surface area contributed by atoms with Crippen molar-refractivity contribution < 1.29 is 0 Å². The van der Waals surface area contributed by atoms with Gasteiger partial charge in [0.1, 0.15) is 0 Å². The predicted molar refractivity (Wildman–Crippen MR) is 164 cm³/mol. The number of hydrogen-bond acceptors (Lipinski definition) is 0. The van der Waals surface area contributed by atoms with Gasteiger partial charge < -0.3 is 0 Å². The molecule has 7 rings (SSSR count). The SMILES string of the molecule is Cc1ccc(C2(c3ccccc3)c3cc(Br)ccc3-c3ccc(-c4cccc5c4C=CCC5C)cc32)cc1. The number of benzene rings is 5. The van der Waals surface area contributed by atoms with Crippen LogP contribution in [0.4, 0.5) is 0 Å². The van der Waals surface area contributed by atoms with Crippen LogP contribution in [0.1, 0.15) is 58.2 Å². The Balaban J connectivity index is 1.57. The van der Waals surface area contributed by atoms with Crippen molar-refractivity contribution in [3.63, 3.8) is 0 Å². The highest BCUT2D eigenvalue weighted by atomic mass is 79.9. The van der Waals surface area contributed by atoms with Crippen LogP contribution in [-0.4, -0.2) is 0 Å². The molecule has 2 aliphatic rings. The topological polar surface area (TPSA) is 0 Å². The number of allylic oxidation sites excluding steroid dienone is 1. The number of aryl methyl sites for hydroxylation is 1. The molecule has 5 aromatic carbocycles. The van der Waals surface area contributed by atoms with E-state index < -0.39 is 5.41 Å². The first-order valence-corrected chi connectivity index (χ1v) is 14.2. The molecule has 0 amide bonds. The zero-order valence-corrected chi connectivity index (χ0v) is 23.3. The van der Waals surface area contributed by atoms with Crippen LogP contribution in [0.15, 0.2) is 120 Å². The molecule has 2 unspecified atom stereocenters. The fourth-order valence-corrected chi connectivity index (χ4v) is 7.07. The van der Waals surface area contributed by atoms with Crippen molar-refractivity contribution in [3.05, 3.63) is 159 Å². The highest BCUT2D eigenvalue weighted by molar-refractivity contribution is 9.10. The fourth-order valence-electron chi connectivity index (χ4n) is 6.71. The van der Waals surface area contributed by atoms with Gasteiger partial charge in [-0.1, -0.05) is 132 Å². The Morgan fingerprint density at radius 1 is 0.684 bits per heavy atom. The third-order valence-corrected chi connectivity index (χ3v) is 9.04. The van der Waals surface area contributed by atoms with Gasteiger partial charge in [-0.25, -0.2) is 0 Å². The Hall–Kier alpha value is -3.68. The summed E-state index contributed by atoms with van der Waals surface area (Å²) in [5.41, 5.74) is 14.2. The van der Waals surface area contributed by atoms with Gasteiger partial charge in [0.25, 0.3) is 0 Å². The molecule has 0 saturated heterocycles. The summed E-state index contributed by atoms with van der Waals surface area (Å²) in [5.74, 6) is 0.543. The van der Waals surface area contributed by atoms with E-state index in [1.165, 1.54) is 61.2 Å². The molecule has 0 spiro atoms. The highest BCUT2D eigenvalue weighted by Crippen LogP contribution is 2.57. The van der Waals surface area contributed by atoms with E-state index in [1.807, 2.05) is 0 Å². The monoisotopic (exact) mass is 552 g/mol. The second-order valence-electron chi connectivity index (χ2n) is 10.8. The minimum atomic E-state index is -0.405. The third kappa shape index (κ3) is 3.42. The molecule has 38 heavy (non-hydrogen) atoms. The Morgan fingerprint density at radius 3 is 2.18 bits per heavy atom. The molecule has 0 fully saturated rings. The molecule has 2 atom stereocenters. The maximum atomic E-state index is 3.81. The summed E-state index contributed by atoms with van der Waals surface area (Å²) in [5, 5.41) is 0. The standard InChI is InChI=1S/C37H29Br/c1-24-14-17-28(18-15-24)37(27-9-4-3-5-10-27)35-22-26(16-20-33(35)34-21-19-29(38)23-36(34)37)31-12-7-11-30-25(2)8-6-13-32(30)31/h3-7,9-23,25H,8H2,1-2H3. The smallest absolute Gasteiger partial charge is 0.0714 e. The summed E-state index contributed by atoms with van der Waals surface area (Å²) in [4.78, 5) is 0. The van der Waals surface area contributed by atoms with Gasteiger partial charge in [0, 0.05) is 4.47 Å². The summed E-state index contributed by atoms with van der Waals surface area (Å²) < 4.78 is 1.10. The lowest BCUT2D eigenvalue weighted by Gasteiger charge is -2.34. The molecule has 184 valence electrons. The predicted octanol–water partition coefficient (Wildman–Crippen LogP) is 10.3. The van der Waals surface area contributed by atoms with Crippen molar-refractivity contribution >= 4 is 22.0 Å². The van der Waals surface area contributed by atoms with Crippen LogP contribution in [-0.2, 0) is 5.41 Å². The molecular weight excluding hydrogens is 524 g/mol. The van der Waals surface area contributed by atoms with Crippen LogP contribution in [0, 0.1) is 6.92 Å². The molecular formula is C37H29Br. The Bertz CT molecular complexity index is 1710. The van der Waals surface area contributed by atoms with Crippen molar-refractivity contribution in [3.8, 4) is 22.3 Å². The first-order valence-electron chi connectivity index (χ1n) is 13.4. The molecule has 0 aromatic heterocycles. The number of fused-ring (bicyclic) bond motifs is 4. The zero-order chi connectivity index (χ0) is 25.9. The molecule has 0 aliphatic heterocycles. The van der Waals surface area contributed by atoms with Gasteiger partial charge in [-0.15, -0.1) is 0 Å². The molecule has 0 nitrogen and oxygen atoms in total. The number of halogens is 1. The normalized spacial score (nSPS) is 19.1. The maximum Gasteiger partial charge on any atom is 0.0714 e. The van der Waals surface area contributed by atoms with E-state index in [0.29, 0.717) is 5.92 Å². The first-order chi connectivity index (χ1) is 18.6. The van der Waals surface area contributed by atoms with Crippen LogP contribution in [0.25, 0.3) is 28.3 Å². The van der Waals surface area contributed by atoms with E-state index in [2.05, 4.69) is 151 Å². The lowest BCUT2D eigenvalue weighted by atomic mass is 9.67. The Kier molecular flexibility index (Phi) is 5.53. The summed E-state index contributed by atoms with van der Waals surface area (Å²) in [6, 6.07) is 40.9. The van der Waals surface area contributed by atoms with Crippen LogP contribution >= 0.6 is 15.9 Å². The van der Waals surface area contributed by atoms with Crippen LogP contribution in [0.3, 0.4) is 0 Å². The van der Waals surface area contributed by atoms with Gasteiger partial charge in [-0.3, -0.25) is 0 Å². The molecule has 0 radical (unpaired) electrons. The molecule has 1 heteroatoms. The van der Waals surface area contributed by atoms with Crippen LogP contribution in [0.5, 0.6) is 0 Å². The maximum absolute atomic E-state index is 3.81. The van der Waals surface area contributed by atoms with Gasteiger partial charge in [0.2, 0.25) is 0 Å². The van der Waals surface area contributed by atoms with E-state index >= 15 is 0 Å². The van der Waals surface area contributed by atoms with E-state index in [1.54, 1.807) is 0 Å². The Morgan fingerprint density at radius 2 is 1.39 bits per heavy atom. The number of rotatable bonds is 3. The van der Waals surface area contributed by atoms with Gasteiger partial charge in [0.05, 0.1) is 5.41 Å². The lowest BCUT2D eigenvalue weighted by molar-refractivity contribution is 0.767. The summed E-state index contributed by atoms with van der Waals surface area (Å²) in [6.45, 7) is 4.50. The van der Waals surface area contributed by atoms with Gasteiger partial charge in [0.15, 0.2) is 0 Å². The van der Waals surface area contributed by atoms with Crippen molar-refractivity contribution in [1.29, 1.82) is 0 Å². The van der Waals surface area contributed by atoms with E-state index in [4.69, 9.17) is 0 Å². The summed E-state index contributed by atoms with van der Waals surface area (Å²) in [7, 11) is 0. The van der Waals surface area contributed by atoms with Crippen molar-refractivity contribution in [2.24, 2.45) is 0 Å². The molecule has 5 aromatic rings. The van der Waals surface area contributed by atoms with Gasteiger partial charge >= 0.3 is 0 Å². The quantitative estimate of drug-likeness (QED) is 0.205. The third-order valence-electron chi connectivity index (χ3n) is 8.55. The highest BCUT2D eigenvalue weighted by Gasteiger charge is 2.46. The molecule has 2 aliphatic carbocycles. The average molecular weight is 554 g/mol.